The molecule has 0 saturated heterocycles. The van der Waals surface area contributed by atoms with Gasteiger partial charge >= 0.3 is 11.9 Å². The van der Waals surface area contributed by atoms with Crippen LogP contribution in [0.4, 0.5) is 0 Å². The van der Waals surface area contributed by atoms with E-state index >= 15 is 0 Å². The number of carbonyl (C=O) groups is 2. The number of esters is 2. The van der Waals surface area contributed by atoms with Gasteiger partial charge in [-0.3, -0.25) is 9.59 Å². The van der Waals surface area contributed by atoms with Crippen LogP contribution in [0.25, 0.3) is 0 Å². The number of hydrogen-bond donors (Lipinski definition) is 0. The Morgan fingerprint density at radius 2 is 1.42 bits per heavy atom. The van der Waals surface area contributed by atoms with E-state index in [9.17, 15) is 9.59 Å². The molecule has 0 N–H and O–H groups in total. The van der Waals surface area contributed by atoms with E-state index < -0.39 is 11.9 Å². The Kier molecular flexibility index (Phi) is 18.5. The summed E-state index contributed by atoms with van der Waals surface area (Å²) in [7, 11) is 2.86. The number of methoxy groups -OCH3 is 2. The van der Waals surface area contributed by atoms with E-state index in [4.69, 9.17) is 9.47 Å². The molecular formula is C20H38O5S. The maximum absolute atomic E-state index is 11.4. The molecule has 0 rings (SSSR count). The highest BCUT2D eigenvalue weighted by molar-refractivity contribution is 7.99. The lowest BCUT2D eigenvalue weighted by Crippen LogP contribution is -2.24. The topological polar surface area (TPSA) is 61.8 Å². The molecule has 1 atom stereocenters. The van der Waals surface area contributed by atoms with Crippen molar-refractivity contribution in [2.45, 2.75) is 83.7 Å². The summed E-state index contributed by atoms with van der Waals surface area (Å²) in [4.78, 5) is 22.4. The summed E-state index contributed by atoms with van der Waals surface area (Å²) < 4.78 is 14.8. The SMILES string of the molecule is CCCCCCCCCCCCSCC(COC(=O)CC(=O)OC)OC. The Bertz CT molecular complexity index is 349. The van der Waals surface area contributed by atoms with Gasteiger partial charge in [0.1, 0.15) is 19.1 Å². The summed E-state index contributed by atoms with van der Waals surface area (Å²) in [5.74, 6) is 0.740. The van der Waals surface area contributed by atoms with Crippen molar-refractivity contribution in [1.29, 1.82) is 0 Å². The van der Waals surface area contributed by atoms with Gasteiger partial charge in [-0.1, -0.05) is 64.7 Å². The lowest BCUT2D eigenvalue weighted by atomic mass is 10.1. The Morgan fingerprint density at radius 1 is 0.846 bits per heavy atom. The van der Waals surface area contributed by atoms with Crippen LogP contribution in [0.3, 0.4) is 0 Å². The minimum Gasteiger partial charge on any atom is -0.469 e. The molecule has 0 heterocycles. The molecule has 0 fully saturated rings. The van der Waals surface area contributed by atoms with Crippen molar-refractivity contribution in [3.05, 3.63) is 0 Å². The highest BCUT2D eigenvalue weighted by Gasteiger charge is 2.14. The molecule has 0 aliphatic heterocycles. The Hall–Kier alpha value is -0.750. The second kappa shape index (κ2) is 19.0. The van der Waals surface area contributed by atoms with Crippen LogP contribution in [-0.2, 0) is 23.8 Å². The predicted molar refractivity (Wildman–Crippen MR) is 108 cm³/mol. The fraction of sp³-hybridized carbons (Fsp3) is 0.900. The molecule has 0 bridgehead atoms. The molecule has 0 aromatic carbocycles. The fourth-order valence-electron chi connectivity index (χ4n) is 2.52. The van der Waals surface area contributed by atoms with Crippen molar-refractivity contribution in [2.75, 3.05) is 32.3 Å². The summed E-state index contributed by atoms with van der Waals surface area (Å²) in [5.41, 5.74) is 0. The molecule has 26 heavy (non-hydrogen) atoms. The molecule has 154 valence electrons. The molecule has 0 aromatic heterocycles. The standard InChI is InChI=1S/C20H38O5S/c1-4-5-6-7-8-9-10-11-12-13-14-26-17-18(23-2)16-25-20(22)15-19(21)24-3/h18H,4-17H2,1-3H3. The number of thioether (sulfide) groups is 1. The maximum Gasteiger partial charge on any atom is 0.317 e. The van der Waals surface area contributed by atoms with Gasteiger partial charge in [-0.15, -0.1) is 0 Å². The van der Waals surface area contributed by atoms with E-state index in [2.05, 4.69) is 11.7 Å². The van der Waals surface area contributed by atoms with Gasteiger partial charge in [-0.25, -0.2) is 0 Å². The quantitative estimate of drug-likeness (QED) is 0.191. The summed E-state index contributed by atoms with van der Waals surface area (Å²) in [6.45, 7) is 2.43. The van der Waals surface area contributed by atoms with Crippen LogP contribution in [0.15, 0.2) is 0 Å². The Balaban J connectivity index is 3.46. The van der Waals surface area contributed by atoms with Gasteiger partial charge < -0.3 is 14.2 Å². The summed E-state index contributed by atoms with van der Waals surface area (Å²) in [6, 6.07) is 0. The molecule has 0 radical (unpaired) electrons. The van der Waals surface area contributed by atoms with E-state index in [1.165, 1.54) is 71.3 Å². The van der Waals surface area contributed by atoms with Gasteiger partial charge in [0.2, 0.25) is 0 Å². The second-order valence-corrected chi connectivity index (χ2v) is 7.70. The van der Waals surface area contributed by atoms with Crippen molar-refractivity contribution >= 4 is 23.7 Å². The van der Waals surface area contributed by atoms with E-state index in [1.54, 1.807) is 7.11 Å². The number of hydrogen-bond acceptors (Lipinski definition) is 6. The molecular weight excluding hydrogens is 352 g/mol. The van der Waals surface area contributed by atoms with Crippen LogP contribution < -0.4 is 0 Å². The van der Waals surface area contributed by atoms with Crippen molar-refractivity contribution in [3.63, 3.8) is 0 Å². The molecule has 6 heteroatoms. The first-order valence-corrected chi connectivity index (χ1v) is 11.1. The predicted octanol–water partition coefficient (Wildman–Crippen LogP) is 4.76. The Morgan fingerprint density at radius 3 is 1.96 bits per heavy atom. The second-order valence-electron chi connectivity index (χ2n) is 6.55. The fourth-order valence-corrected chi connectivity index (χ4v) is 3.59. The normalized spacial score (nSPS) is 12.0. The van der Waals surface area contributed by atoms with Crippen molar-refractivity contribution in [1.82, 2.24) is 0 Å². The lowest BCUT2D eigenvalue weighted by Gasteiger charge is -2.15. The Labute approximate surface area is 163 Å². The summed E-state index contributed by atoms with van der Waals surface area (Å²) in [5, 5.41) is 0. The third kappa shape index (κ3) is 16.7. The van der Waals surface area contributed by atoms with Crippen LogP contribution in [0.5, 0.6) is 0 Å². The molecule has 0 spiro atoms. The molecule has 5 nitrogen and oxygen atoms in total. The smallest absolute Gasteiger partial charge is 0.317 e. The molecule has 0 aliphatic rings. The molecule has 0 saturated carbocycles. The van der Waals surface area contributed by atoms with Crippen LogP contribution in [0.2, 0.25) is 0 Å². The number of unbranched alkanes of at least 4 members (excludes halogenated alkanes) is 9. The average molecular weight is 391 g/mol. The third-order valence-electron chi connectivity index (χ3n) is 4.23. The van der Waals surface area contributed by atoms with Crippen LogP contribution in [-0.4, -0.2) is 50.4 Å². The van der Waals surface area contributed by atoms with Crippen molar-refractivity contribution in [2.24, 2.45) is 0 Å². The first-order chi connectivity index (χ1) is 12.6. The van der Waals surface area contributed by atoms with Gasteiger partial charge in [0.05, 0.1) is 7.11 Å². The molecule has 1 unspecified atom stereocenters. The number of carbonyl (C=O) groups excluding carboxylic acids is 2. The van der Waals surface area contributed by atoms with E-state index in [1.807, 2.05) is 11.8 Å². The van der Waals surface area contributed by atoms with Gasteiger partial charge in [-0.05, 0) is 12.2 Å². The summed E-state index contributed by atoms with van der Waals surface area (Å²) >= 11 is 1.83. The monoisotopic (exact) mass is 390 g/mol. The number of rotatable bonds is 18. The minimum absolute atomic E-state index is 0.135. The van der Waals surface area contributed by atoms with E-state index in [-0.39, 0.29) is 19.1 Å². The largest absolute Gasteiger partial charge is 0.469 e. The highest BCUT2D eigenvalue weighted by Crippen LogP contribution is 2.13. The molecule has 0 aromatic rings. The van der Waals surface area contributed by atoms with Crippen LogP contribution >= 0.6 is 11.8 Å². The zero-order chi connectivity index (χ0) is 19.5. The third-order valence-corrected chi connectivity index (χ3v) is 5.41. The zero-order valence-corrected chi connectivity index (χ0v) is 17.7. The van der Waals surface area contributed by atoms with Gasteiger partial charge in [0.15, 0.2) is 0 Å². The highest BCUT2D eigenvalue weighted by atomic mass is 32.2. The average Bonchev–Trinajstić information content (AvgIpc) is 2.64. The minimum atomic E-state index is -0.584. The van der Waals surface area contributed by atoms with Crippen molar-refractivity contribution < 1.29 is 23.8 Å². The van der Waals surface area contributed by atoms with Crippen molar-refractivity contribution in [3.8, 4) is 0 Å². The first-order valence-electron chi connectivity index (χ1n) is 9.97. The van der Waals surface area contributed by atoms with Gasteiger partial charge in [0, 0.05) is 12.9 Å². The molecule has 0 amide bonds. The molecule has 0 aliphatic carbocycles. The lowest BCUT2D eigenvalue weighted by molar-refractivity contribution is -0.154. The number of ether oxygens (including phenoxy) is 3. The van der Waals surface area contributed by atoms with Gasteiger partial charge in [-0.2, -0.15) is 11.8 Å². The van der Waals surface area contributed by atoms with Gasteiger partial charge in [0.25, 0.3) is 0 Å². The van der Waals surface area contributed by atoms with Crippen LogP contribution in [0, 0.1) is 0 Å². The summed E-state index contributed by atoms with van der Waals surface area (Å²) in [6.07, 6.45) is 13.0. The zero-order valence-electron chi connectivity index (χ0n) is 16.9. The van der Waals surface area contributed by atoms with Crippen LogP contribution in [0.1, 0.15) is 77.6 Å². The van der Waals surface area contributed by atoms with E-state index in [0.29, 0.717) is 0 Å². The maximum atomic E-state index is 11.4. The van der Waals surface area contributed by atoms with E-state index in [0.717, 1.165) is 11.5 Å². The first kappa shape index (κ1) is 25.2.